The van der Waals surface area contributed by atoms with Crippen LogP contribution >= 0.6 is 0 Å². The average molecular weight is 352 g/mol. The summed E-state index contributed by atoms with van der Waals surface area (Å²) in [6, 6.07) is 8.51. The highest BCUT2D eigenvalue weighted by molar-refractivity contribution is 5.93. The zero-order valence-electron chi connectivity index (χ0n) is 14.7. The van der Waals surface area contributed by atoms with Crippen molar-refractivity contribution in [2.75, 3.05) is 5.32 Å². The molecule has 26 heavy (non-hydrogen) atoms. The Morgan fingerprint density at radius 2 is 1.96 bits per heavy atom. The number of amides is 1. The lowest BCUT2D eigenvalue weighted by molar-refractivity contribution is 0.0706. The minimum absolute atomic E-state index is 0.306. The fourth-order valence-electron chi connectivity index (χ4n) is 2.62. The topological polar surface area (TPSA) is 116 Å². The van der Waals surface area contributed by atoms with E-state index in [1.807, 2.05) is 13.0 Å². The molecule has 0 atom stereocenters. The zero-order chi connectivity index (χ0) is 18.7. The number of imidazole rings is 1. The number of anilines is 2. The lowest BCUT2D eigenvalue weighted by Gasteiger charge is -2.08. The van der Waals surface area contributed by atoms with Gasteiger partial charge in [-0.3, -0.25) is 10.0 Å². The van der Waals surface area contributed by atoms with E-state index in [9.17, 15) is 4.79 Å². The zero-order valence-corrected chi connectivity index (χ0v) is 14.7. The molecular formula is C18H20N6O2. The van der Waals surface area contributed by atoms with Crippen LogP contribution in [-0.2, 0) is 0 Å². The Labute approximate surface area is 150 Å². The minimum atomic E-state index is -0.562. The first-order valence-corrected chi connectivity index (χ1v) is 8.19. The maximum atomic E-state index is 11.4. The molecule has 0 aliphatic rings. The monoisotopic (exact) mass is 352 g/mol. The van der Waals surface area contributed by atoms with E-state index in [1.54, 1.807) is 35.9 Å². The van der Waals surface area contributed by atoms with Gasteiger partial charge in [0.1, 0.15) is 5.82 Å². The third-order valence-electron chi connectivity index (χ3n) is 3.88. The summed E-state index contributed by atoms with van der Waals surface area (Å²) in [6.07, 6.45) is 1.68. The van der Waals surface area contributed by atoms with Gasteiger partial charge in [0, 0.05) is 22.5 Å². The molecule has 0 aliphatic heterocycles. The van der Waals surface area contributed by atoms with Gasteiger partial charge < -0.3 is 10.3 Å². The first kappa shape index (κ1) is 17.6. The van der Waals surface area contributed by atoms with Gasteiger partial charge >= 0.3 is 0 Å². The van der Waals surface area contributed by atoms with Crippen LogP contribution in [0.4, 0.5) is 11.5 Å². The third-order valence-corrected chi connectivity index (χ3v) is 3.88. The maximum absolute atomic E-state index is 11.4. The van der Waals surface area contributed by atoms with E-state index in [-0.39, 0.29) is 0 Å². The summed E-state index contributed by atoms with van der Waals surface area (Å²) in [7, 11) is 0. The minimum Gasteiger partial charge on any atom is -0.345 e. The summed E-state index contributed by atoms with van der Waals surface area (Å²) >= 11 is 0. The number of benzene rings is 1. The van der Waals surface area contributed by atoms with Crippen LogP contribution in [0.25, 0.3) is 11.3 Å². The molecule has 0 spiro atoms. The van der Waals surface area contributed by atoms with Crippen molar-refractivity contribution in [3.8, 4) is 11.3 Å². The molecule has 2 aromatic heterocycles. The molecule has 8 nitrogen and oxygen atoms in total. The smallest absolute Gasteiger partial charge is 0.274 e. The van der Waals surface area contributed by atoms with Crippen molar-refractivity contribution in [3.63, 3.8) is 0 Å². The van der Waals surface area contributed by atoms with Crippen LogP contribution in [0.15, 0.2) is 36.5 Å². The Balaban J connectivity index is 1.85. The van der Waals surface area contributed by atoms with Crippen LogP contribution in [-0.4, -0.2) is 31.3 Å². The Morgan fingerprint density at radius 3 is 2.62 bits per heavy atom. The van der Waals surface area contributed by atoms with Crippen LogP contribution < -0.4 is 10.8 Å². The van der Waals surface area contributed by atoms with E-state index in [2.05, 4.69) is 39.3 Å². The largest absolute Gasteiger partial charge is 0.345 e. The summed E-state index contributed by atoms with van der Waals surface area (Å²) < 4.78 is 0. The molecule has 4 N–H and O–H groups in total. The lowest BCUT2D eigenvalue weighted by atomic mass is 10.1. The molecule has 3 aromatic rings. The molecule has 0 fully saturated rings. The highest BCUT2D eigenvalue weighted by Crippen LogP contribution is 2.28. The molecule has 0 saturated heterocycles. The molecule has 1 aromatic carbocycles. The summed E-state index contributed by atoms with van der Waals surface area (Å²) in [4.78, 5) is 19.2. The highest BCUT2D eigenvalue weighted by Gasteiger charge is 2.14. The Hall–Kier alpha value is -3.26. The molecule has 2 heterocycles. The second-order valence-corrected chi connectivity index (χ2v) is 6.21. The van der Waals surface area contributed by atoms with E-state index in [0.29, 0.717) is 17.3 Å². The van der Waals surface area contributed by atoms with Crippen LogP contribution in [0.1, 0.15) is 41.6 Å². The number of nitrogens with zero attached hydrogens (tertiary/aromatic N) is 3. The standard InChI is InChI=1S/C18H20N6O2/c1-10(2)16-17(21-11(3)20-16)13-8-15(23-19-9-13)22-14-6-4-12(5-7-14)18(25)24-26/h4-10,26H,1-3H3,(H,20,21)(H,22,23)(H,24,25). The van der Waals surface area contributed by atoms with Crippen LogP contribution in [0.2, 0.25) is 0 Å². The molecule has 8 heteroatoms. The normalized spacial score (nSPS) is 10.8. The molecule has 1 amide bonds. The second-order valence-electron chi connectivity index (χ2n) is 6.21. The predicted octanol–water partition coefficient (Wildman–Crippen LogP) is 3.16. The quantitative estimate of drug-likeness (QED) is 0.414. The lowest BCUT2D eigenvalue weighted by Crippen LogP contribution is -2.18. The molecule has 0 unspecified atom stereocenters. The number of hydrogen-bond acceptors (Lipinski definition) is 6. The van der Waals surface area contributed by atoms with Crippen LogP contribution in [0.5, 0.6) is 0 Å². The van der Waals surface area contributed by atoms with Crippen molar-refractivity contribution >= 4 is 17.4 Å². The van der Waals surface area contributed by atoms with Crippen molar-refractivity contribution in [1.82, 2.24) is 25.6 Å². The van der Waals surface area contributed by atoms with Crippen LogP contribution in [0, 0.1) is 6.92 Å². The fourth-order valence-corrected chi connectivity index (χ4v) is 2.62. The van der Waals surface area contributed by atoms with Gasteiger partial charge in [-0.25, -0.2) is 10.5 Å². The third kappa shape index (κ3) is 3.70. The number of hydrogen-bond donors (Lipinski definition) is 4. The molecular weight excluding hydrogens is 332 g/mol. The SMILES string of the molecule is Cc1nc(-c2cnnc(Nc3ccc(C(=O)NO)cc3)c2)c(C(C)C)[nH]1. The molecule has 0 radical (unpaired) electrons. The van der Waals surface area contributed by atoms with Crippen molar-refractivity contribution in [1.29, 1.82) is 0 Å². The van der Waals surface area contributed by atoms with Gasteiger partial charge in [-0.1, -0.05) is 13.8 Å². The van der Waals surface area contributed by atoms with E-state index in [1.165, 1.54) is 0 Å². The van der Waals surface area contributed by atoms with Crippen molar-refractivity contribution in [2.24, 2.45) is 0 Å². The predicted molar refractivity (Wildman–Crippen MR) is 97.4 cm³/mol. The maximum Gasteiger partial charge on any atom is 0.274 e. The van der Waals surface area contributed by atoms with Gasteiger partial charge in [-0.2, -0.15) is 5.10 Å². The molecule has 0 saturated carbocycles. The number of rotatable bonds is 5. The molecule has 3 rings (SSSR count). The second kappa shape index (κ2) is 7.32. The first-order chi connectivity index (χ1) is 12.5. The molecule has 0 bridgehead atoms. The summed E-state index contributed by atoms with van der Waals surface area (Å²) in [6.45, 7) is 6.13. The number of aromatic nitrogens is 4. The average Bonchev–Trinajstić information content (AvgIpc) is 3.04. The highest BCUT2D eigenvalue weighted by atomic mass is 16.5. The summed E-state index contributed by atoms with van der Waals surface area (Å²) in [5.41, 5.74) is 5.49. The van der Waals surface area contributed by atoms with Gasteiger partial charge in [0.05, 0.1) is 11.9 Å². The molecule has 0 aliphatic carbocycles. The number of aromatic amines is 1. The van der Waals surface area contributed by atoms with Crippen LogP contribution in [0.3, 0.4) is 0 Å². The number of hydroxylamine groups is 1. The number of carbonyl (C=O) groups excluding carboxylic acids is 1. The number of carbonyl (C=O) groups is 1. The van der Waals surface area contributed by atoms with Crippen molar-refractivity contribution in [3.05, 3.63) is 53.6 Å². The van der Waals surface area contributed by atoms with Gasteiger partial charge in [-0.05, 0) is 43.2 Å². The van der Waals surface area contributed by atoms with Gasteiger partial charge in [0.25, 0.3) is 5.91 Å². The first-order valence-electron chi connectivity index (χ1n) is 8.19. The number of aryl methyl sites for hydroxylation is 1. The van der Waals surface area contributed by atoms with E-state index >= 15 is 0 Å². The Morgan fingerprint density at radius 1 is 1.23 bits per heavy atom. The van der Waals surface area contributed by atoms with E-state index < -0.39 is 5.91 Å². The summed E-state index contributed by atoms with van der Waals surface area (Å²) in [5, 5.41) is 20.0. The number of nitrogens with one attached hydrogen (secondary N) is 3. The van der Waals surface area contributed by atoms with Crippen molar-refractivity contribution < 1.29 is 10.0 Å². The summed E-state index contributed by atoms with van der Waals surface area (Å²) in [5.74, 6) is 1.17. The van der Waals surface area contributed by atoms with Crippen molar-refractivity contribution in [2.45, 2.75) is 26.7 Å². The fraction of sp³-hybridized carbons (Fsp3) is 0.222. The van der Waals surface area contributed by atoms with Gasteiger partial charge in [0.2, 0.25) is 0 Å². The van der Waals surface area contributed by atoms with Gasteiger partial charge in [-0.15, -0.1) is 5.10 Å². The molecule has 134 valence electrons. The van der Waals surface area contributed by atoms with E-state index in [4.69, 9.17) is 5.21 Å². The Kier molecular flexibility index (Phi) is 4.94. The Bertz CT molecular complexity index is 918. The number of H-pyrrole nitrogens is 1. The van der Waals surface area contributed by atoms with Gasteiger partial charge in [0.15, 0.2) is 5.82 Å². The van der Waals surface area contributed by atoms with E-state index in [0.717, 1.165) is 28.5 Å².